The third kappa shape index (κ3) is 3.50. The van der Waals surface area contributed by atoms with Gasteiger partial charge in [0.25, 0.3) is 10.0 Å². The fourth-order valence-electron chi connectivity index (χ4n) is 2.70. The van der Waals surface area contributed by atoms with Crippen molar-refractivity contribution in [1.82, 2.24) is 9.78 Å². The van der Waals surface area contributed by atoms with E-state index < -0.39 is 27.4 Å². The molecule has 10 heteroatoms. The van der Waals surface area contributed by atoms with Crippen LogP contribution < -0.4 is 9.46 Å². The summed E-state index contributed by atoms with van der Waals surface area (Å²) >= 11 is 0. The molecule has 1 heterocycles. The maximum Gasteiger partial charge on any atom is 0.338 e. The lowest BCUT2D eigenvalue weighted by Crippen LogP contribution is -2.16. The third-order valence-electron chi connectivity index (χ3n) is 3.78. The number of ether oxygens (including phenoxy) is 1. The van der Waals surface area contributed by atoms with Crippen LogP contribution in [0.4, 0.5) is 10.1 Å². The Bertz CT molecular complexity index is 967. The van der Waals surface area contributed by atoms with E-state index in [1.165, 1.54) is 7.11 Å². The standard InChI is InChI=1S/C16H20FN3O5S/c1-8(2)20-10(4)15(9(3)18-20)26(23,24)19-13-7-12(17)11(16(21)22)6-14(13)25-5/h6-8,19H,1-5H3,(H,21,22). The minimum absolute atomic E-state index is 0.0176. The molecule has 2 N–H and O–H groups in total. The van der Waals surface area contributed by atoms with Crippen molar-refractivity contribution >= 4 is 21.7 Å². The van der Waals surface area contributed by atoms with Gasteiger partial charge in [0.1, 0.15) is 16.5 Å². The highest BCUT2D eigenvalue weighted by Gasteiger charge is 2.27. The van der Waals surface area contributed by atoms with Crippen LogP contribution in [-0.2, 0) is 10.0 Å². The summed E-state index contributed by atoms with van der Waals surface area (Å²) in [5.41, 5.74) is -0.0900. The second-order valence-corrected chi connectivity index (χ2v) is 7.60. The quantitative estimate of drug-likeness (QED) is 0.791. The maximum atomic E-state index is 14.0. The lowest BCUT2D eigenvalue weighted by atomic mass is 10.2. The summed E-state index contributed by atoms with van der Waals surface area (Å²) < 4.78 is 48.4. The Morgan fingerprint density at radius 3 is 2.42 bits per heavy atom. The van der Waals surface area contributed by atoms with Crippen LogP contribution >= 0.6 is 0 Å². The smallest absolute Gasteiger partial charge is 0.338 e. The molecule has 0 aliphatic rings. The van der Waals surface area contributed by atoms with Crippen molar-refractivity contribution in [2.45, 2.75) is 38.6 Å². The van der Waals surface area contributed by atoms with E-state index in [9.17, 15) is 17.6 Å². The van der Waals surface area contributed by atoms with E-state index in [0.29, 0.717) is 11.4 Å². The van der Waals surface area contributed by atoms with Gasteiger partial charge >= 0.3 is 5.97 Å². The zero-order chi connectivity index (χ0) is 19.8. The predicted molar refractivity (Wildman–Crippen MR) is 92.8 cm³/mol. The summed E-state index contributed by atoms with van der Waals surface area (Å²) in [6, 6.07) is 1.66. The SMILES string of the molecule is COc1cc(C(=O)O)c(F)cc1NS(=O)(=O)c1c(C)nn(C(C)C)c1C. The monoisotopic (exact) mass is 385 g/mol. The summed E-state index contributed by atoms with van der Waals surface area (Å²) in [6.07, 6.45) is 0. The molecule has 0 fully saturated rings. The number of carboxylic acid groups (broad SMARTS) is 1. The zero-order valence-corrected chi connectivity index (χ0v) is 15.8. The molecule has 0 unspecified atom stereocenters. The van der Waals surface area contributed by atoms with Gasteiger partial charge in [-0.15, -0.1) is 0 Å². The lowest BCUT2D eigenvalue weighted by Gasteiger charge is -2.14. The predicted octanol–water partition coefficient (Wildman–Crippen LogP) is 2.73. The first kappa shape index (κ1) is 19.7. The van der Waals surface area contributed by atoms with Crippen molar-refractivity contribution in [3.05, 3.63) is 34.9 Å². The molecule has 1 aromatic carbocycles. The number of carbonyl (C=O) groups is 1. The first-order valence-corrected chi connectivity index (χ1v) is 9.17. The Balaban J connectivity index is 2.55. The van der Waals surface area contributed by atoms with Gasteiger partial charge in [0.05, 0.1) is 29.7 Å². The number of aromatic carboxylic acids is 1. The molecule has 0 amide bonds. The Hall–Kier alpha value is -2.62. The highest BCUT2D eigenvalue weighted by molar-refractivity contribution is 7.92. The van der Waals surface area contributed by atoms with Crippen molar-refractivity contribution in [3.8, 4) is 5.75 Å². The topological polar surface area (TPSA) is 111 Å². The molecule has 2 aromatic rings. The number of carboxylic acids is 1. The van der Waals surface area contributed by atoms with Crippen LogP contribution in [0, 0.1) is 19.7 Å². The number of aromatic nitrogens is 2. The van der Waals surface area contributed by atoms with Crippen LogP contribution in [0.2, 0.25) is 0 Å². The summed E-state index contributed by atoms with van der Waals surface area (Å²) in [7, 11) is -2.87. The molecule has 1 aromatic heterocycles. The first-order valence-electron chi connectivity index (χ1n) is 7.69. The molecule has 0 spiro atoms. The molecular weight excluding hydrogens is 365 g/mol. The summed E-state index contributed by atoms with van der Waals surface area (Å²) in [6.45, 7) is 6.92. The van der Waals surface area contributed by atoms with Gasteiger partial charge in [0, 0.05) is 12.1 Å². The van der Waals surface area contributed by atoms with Gasteiger partial charge in [-0.3, -0.25) is 9.40 Å². The number of aryl methyl sites for hydroxylation is 1. The fourth-order valence-corrected chi connectivity index (χ4v) is 4.16. The maximum absolute atomic E-state index is 14.0. The van der Waals surface area contributed by atoms with E-state index in [1.54, 1.807) is 18.5 Å². The van der Waals surface area contributed by atoms with E-state index in [2.05, 4.69) is 9.82 Å². The molecule has 142 valence electrons. The normalized spacial score (nSPS) is 11.7. The highest BCUT2D eigenvalue weighted by Crippen LogP contribution is 2.31. The van der Waals surface area contributed by atoms with Gasteiger partial charge in [-0.2, -0.15) is 5.10 Å². The van der Waals surface area contributed by atoms with Crippen LogP contribution in [0.3, 0.4) is 0 Å². The molecule has 0 saturated heterocycles. The second-order valence-electron chi connectivity index (χ2n) is 5.98. The fraction of sp³-hybridized carbons (Fsp3) is 0.375. The van der Waals surface area contributed by atoms with Crippen LogP contribution in [0.1, 0.15) is 41.6 Å². The number of rotatable bonds is 6. The minimum atomic E-state index is -4.10. The molecule has 0 saturated carbocycles. The third-order valence-corrected chi connectivity index (χ3v) is 5.40. The molecule has 0 aliphatic heterocycles. The zero-order valence-electron chi connectivity index (χ0n) is 15.0. The number of halogens is 1. The summed E-state index contributed by atoms with van der Waals surface area (Å²) in [4.78, 5) is 11.0. The molecule has 0 aliphatic carbocycles. The van der Waals surface area contributed by atoms with Gasteiger partial charge in [-0.05, 0) is 33.8 Å². The van der Waals surface area contributed by atoms with E-state index >= 15 is 0 Å². The molecule has 0 radical (unpaired) electrons. The average Bonchev–Trinajstić information content (AvgIpc) is 2.82. The number of methoxy groups -OCH3 is 1. The van der Waals surface area contributed by atoms with E-state index in [0.717, 1.165) is 12.1 Å². The van der Waals surface area contributed by atoms with Crippen molar-refractivity contribution in [2.24, 2.45) is 0 Å². The first-order chi connectivity index (χ1) is 12.0. The molecule has 8 nitrogen and oxygen atoms in total. The van der Waals surface area contributed by atoms with E-state index in [4.69, 9.17) is 9.84 Å². The Kier molecular flexibility index (Phi) is 5.26. The molecule has 26 heavy (non-hydrogen) atoms. The van der Waals surface area contributed by atoms with Crippen molar-refractivity contribution in [3.63, 3.8) is 0 Å². The number of sulfonamides is 1. The van der Waals surface area contributed by atoms with Crippen molar-refractivity contribution < 1.29 is 27.4 Å². The van der Waals surface area contributed by atoms with Crippen LogP contribution in [-0.4, -0.2) is 36.4 Å². The van der Waals surface area contributed by atoms with Crippen molar-refractivity contribution in [1.29, 1.82) is 0 Å². The molecule has 0 atom stereocenters. The minimum Gasteiger partial charge on any atom is -0.495 e. The average molecular weight is 385 g/mol. The lowest BCUT2D eigenvalue weighted by molar-refractivity contribution is 0.0691. The number of benzene rings is 1. The van der Waals surface area contributed by atoms with Crippen LogP contribution in [0.25, 0.3) is 0 Å². The van der Waals surface area contributed by atoms with Crippen LogP contribution in [0.15, 0.2) is 17.0 Å². The molecule has 2 rings (SSSR count). The van der Waals surface area contributed by atoms with E-state index in [-0.39, 0.29) is 22.4 Å². The summed E-state index contributed by atoms with van der Waals surface area (Å²) in [5.74, 6) is -2.68. The number of nitrogens with zero attached hydrogens (tertiary/aromatic N) is 2. The number of hydrogen-bond donors (Lipinski definition) is 2. The van der Waals surface area contributed by atoms with Gasteiger partial charge in [0.15, 0.2) is 0 Å². The molecular formula is C16H20FN3O5S. The highest BCUT2D eigenvalue weighted by atomic mass is 32.2. The molecule has 0 bridgehead atoms. The largest absolute Gasteiger partial charge is 0.495 e. The van der Waals surface area contributed by atoms with Gasteiger partial charge in [0.2, 0.25) is 0 Å². The number of nitrogens with one attached hydrogen (secondary N) is 1. The Labute approximate surface area is 150 Å². The van der Waals surface area contributed by atoms with Crippen LogP contribution in [0.5, 0.6) is 5.75 Å². The van der Waals surface area contributed by atoms with Crippen molar-refractivity contribution in [2.75, 3.05) is 11.8 Å². The van der Waals surface area contributed by atoms with E-state index in [1.807, 2.05) is 13.8 Å². The Morgan fingerprint density at radius 2 is 1.96 bits per heavy atom. The number of anilines is 1. The Morgan fingerprint density at radius 1 is 1.35 bits per heavy atom. The number of hydrogen-bond acceptors (Lipinski definition) is 5. The summed E-state index contributed by atoms with van der Waals surface area (Å²) in [5, 5.41) is 13.2. The van der Waals surface area contributed by atoms with Gasteiger partial charge in [-0.1, -0.05) is 0 Å². The van der Waals surface area contributed by atoms with Gasteiger partial charge < -0.3 is 9.84 Å². The van der Waals surface area contributed by atoms with Gasteiger partial charge in [-0.25, -0.2) is 17.6 Å². The second kappa shape index (κ2) is 6.94.